The van der Waals surface area contributed by atoms with Gasteiger partial charge in [-0.15, -0.1) is 0 Å². The van der Waals surface area contributed by atoms with Gasteiger partial charge in [0.25, 0.3) is 0 Å². The standard InChI is InChI=1S/C14H14F2O3/c15-9-7-10(16)11(12-8(9)3-1-6-19-12)14(13(17)18)4-2-5-14/h7H,1-6H2,(H,17,18). The largest absolute Gasteiger partial charge is 0.493 e. The predicted octanol–water partition coefficient (Wildman–Crippen LogP) is 2.80. The SMILES string of the molecule is O=C(O)C1(c2c(F)cc(F)c3c2OCCC3)CCC1. The number of fused-ring (bicyclic) bond motifs is 1. The van der Waals surface area contributed by atoms with Crippen molar-refractivity contribution in [1.82, 2.24) is 0 Å². The van der Waals surface area contributed by atoms with Gasteiger partial charge in [0.15, 0.2) is 0 Å². The molecule has 1 fully saturated rings. The van der Waals surface area contributed by atoms with Crippen LogP contribution in [0.5, 0.6) is 5.75 Å². The Morgan fingerprint density at radius 1 is 1.26 bits per heavy atom. The van der Waals surface area contributed by atoms with E-state index in [1.807, 2.05) is 0 Å². The van der Waals surface area contributed by atoms with Crippen LogP contribution in [0.3, 0.4) is 0 Å². The summed E-state index contributed by atoms with van der Waals surface area (Å²) in [5, 5.41) is 9.42. The Hall–Kier alpha value is -1.65. The highest BCUT2D eigenvalue weighted by molar-refractivity contribution is 5.84. The van der Waals surface area contributed by atoms with Gasteiger partial charge < -0.3 is 9.84 Å². The number of carboxylic acids is 1. The molecule has 1 heterocycles. The number of aliphatic carboxylic acids is 1. The van der Waals surface area contributed by atoms with Crippen molar-refractivity contribution in [1.29, 1.82) is 0 Å². The fourth-order valence-corrected chi connectivity index (χ4v) is 3.00. The lowest BCUT2D eigenvalue weighted by molar-refractivity contribution is -0.147. The maximum absolute atomic E-state index is 14.1. The van der Waals surface area contributed by atoms with Gasteiger partial charge in [0.05, 0.1) is 12.0 Å². The second-order valence-electron chi connectivity index (χ2n) is 5.22. The monoisotopic (exact) mass is 268 g/mol. The zero-order valence-corrected chi connectivity index (χ0v) is 10.3. The second-order valence-corrected chi connectivity index (χ2v) is 5.22. The van der Waals surface area contributed by atoms with Crippen molar-refractivity contribution in [2.75, 3.05) is 6.61 Å². The molecule has 0 saturated heterocycles. The third-order valence-electron chi connectivity index (χ3n) is 4.19. The zero-order chi connectivity index (χ0) is 13.6. The normalized spacial score (nSPS) is 20.1. The van der Waals surface area contributed by atoms with Crippen molar-refractivity contribution in [2.45, 2.75) is 37.5 Å². The molecule has 1 N–H and O–H groups in total. The molecule has 0 unspecified atom stereocenters. The summed E-state index contributed by atoms with van der Waals surface area (Å²) in [4.78, 5) is 11.5. The smallest absolute Gasteiger partial charge is 0.314 e. The van der Waals surface area contributed by atoms with Crippen molar-refractivity contribution < 1.29 is 23.4 Å². The Morgan fingerprint density at radius 2 is 2.00 bits per heavy atom. The lowest BCUT2D eigenvalue weighted by Crippen LogP contribution is -2.44. The highest BCUT2D eigenvalue weighted by Gasteiger charge is 2.50. The average molecular weight is 268 g/mol. The summed E-state index contributed by atoms with van der Waals surface area (Å²) in [5.74, 6) is -2.37. The van der Waals surface area contributed by atoms with Gasteiger partial charge in [-0.3, -0.25) is 4.79 Å². The number of rotatable bonds is 2. The highest BCUT2D eigenvalue weighted by atomic mass is 19.1. The Morgan fingerprint density at radius 3 is 2.58 bits per heavy atom. The topological polar surface area (TPSA) is 46.5 Å². The van der Waals surface area contributed by atoms with Crippen molar-refractivity contribution in [3.8, 4) is 5.75 Å². The molecular weight excluding hydrogens is 254 g/mol. The quantitative estimate of drug-likeness (QED) is 0.897. The summed E-state index contributed by atoms with van der Waals surface area (Å²) >= 11 is 0. The van der Waals surface area contributed by atoms with Crippen molar-refractivity contribution >= 4 is 5.97 Å². The Balaban J connectivity index is 2.23. The number of carbonyl (C=O) groups is 1. The van der Waals surface area contributed by atoms with E-state index in [2.05, 4.69) is 0 Å². The lowest BCUT2D eigenvalue weighted by atomic mass is 9.63. The Bertz CT molecular complexity index is 550. The van der Waals surface area contributed by atoms with E-state index in [9.17, 15) is 18.7 Å². The first-order valence-electron chi connectivity index (χ1n) is 6.44. The van der Waals surface area contributed by atoms with E-state index in [1.165, 1.54) is 0 Å². The molecule has 1 aromatic rings. The molecule has 1 aromatic carbocycles. The van der Waals surface area contributed by atoms with Gasteiger partial charge in [0.2, 0.25) is 0 Å². The first kappa shape index (κ1) is 12.4. The molecule has 102 valence electrons. The van der Waals surface area contributed by atoms with Crippen LogP contribution in [0.4, 0.5) is 8.78 Å². The molecule has 0 spiro atoms. The van der Waals surface area contributed by atoms with Gasteiger partial charge in [-0.05, 0) is 25.7 Å². The van der Waals surface area contributed by atoms with Crippen LogP contribution in [-0.4, -0.2) is 17.7 Å². The Kier molecular flexibility index (Phi) is 2.73. The molecule has 0 aromatic heterocycles. The number of ether oxygens (including phenoxy) is 1. The predicted molar refractivity (Wildman–Crippen MR) is 63.3 cm³/mol. The molecular formula is C14H14F2O3. The maximum atomic E-state index is 14.1. The van der Waals surface area contributed by atoms with Crippen LogP contribution >= 0.6 is 0 Å². The van der Waals surface area contributed by atoms with Gasteiger partial charge in [0, 0.05) is 17.2 Å². The number of benzene rings is 1. The van der Waals surface area contributed by atoms with Crippen LogP contribution in [0.15, 0.2) is 6.07 Å². The first-order valence-corrected chi connectivity index (χ1v) is 6.44. The van der Waals surface area contributed by atoms with Gasteiger partial charge in [-0.1, -0.05) is 6.42 Å². The molecule has 0 atom stereocenters. The number of hydrogen-bond donors (Lipinski definition) is 1. The maximum Gasteiger partial charge on any atom is 0.314 e. The Labute approximate surface area is 109 Å². The van der Waals surface area contributed by atoms with Crippen molar-refractivity contribution in [3.63, 3.8) is 0 Å². The van der Waals surface area contributed by atoms with Gasteiger partial charge in [-0.25, -0.2) is 8.78 Å². The summed E-state index contributed by atoms with van der Waals surface area (Å²) in [5.41, 5.74) is -0.878. The minimum Gasteiger partial charge on any atom is -0.493 e. The fraction of sp³-hybridized carbons (Fsp3) is 0.500. The summed E-state index contributed by atoms with van der Waals surface area (Å²) < 4.78 is 33.3. The van der Waals surface area contributed by atoms with Crippen molar-refractivity contribution in [3.05, 3.63) is 28.8 Å². The molecule has 3 rings (SSSR count). The second kappa shape index (κ2) is 4.18. The van der Waals surface area contributed by atoms with E-state index in [-0.39, 0.29) is 11.3 Å². The number of carboxylic acid groups (broad SMARTS) is 1. The van der Waals surface area contributed by atoms with Crippen LogP contribution in [-0.2, 0) is 16.6 Å². The minimum atomic E-state index is -1.24. The molecule has 0 amide bonds. The van der Waals surface area contributed by atoms with E-state index in [0.717, 1.165) is 12.5 Å². The molecule has 2 aliphatic rings. The molecule has 1 aliphatic heterocycles. The van der Waals surface area contributed by atoms with Gasteiger partial charge in [-0.2, -0.15) is 0 Å². The van der Waals surface area contributed by atoms with Crippen LogP contribution in [0, 0.1) is 11.6 Å². The molecule has 3 nitrogen and oxygen atoms in total. The molecule has 1 aliphatic carbocycles. The van der Waals surface area contributed by atoms with E-state index in [0.29, 0.717) is 37.9 Å². The van der Waals surface area contributed by atoms with E-state index >= 15 is 0 Å². The van der Waals surface area contributed by atoms with Crippen LogP contribution in [0.2, 0.25) is 0 Å². The summed E-state index contributed by atoms with van der Waals surface area (Å²) in [6.45, 7) is 0.374. The van der Waals surface area contributed by atoms with Crippen molar-refractivity contribution in [2.24, 2.45) is 0 Å². The van der Waals surface area contributed by atoms with E-state index in [4.69, 9.17) is 4.74 Å². The van der Waals surface area contributed by atoms with E-state index < -0.39 is 23.0 Å². The molecule has 1 saturated carbocycles. The zero-order valence-electron chi connectivity index (χ0n) is 10.3. The molecule has 19 heavy (non-hydrogen) atoms. The number of hydrogen-bond acceptors (Lipinski definition) is 2. The first-order chi connectivity index (χ1) is 9.06. The summed E-state index contributed by atoms with van der Waals surface area (Å²) in [6.07, 6.45) is 2.61. The van der Waals surface area contributed by atoms with Crippen LogP contribution < -0.4 is 4.74 Å². The minimum absolute atomic E-state index is 0.0438. The van der Waals surface area contributed by atoms with Gasteiger partial charge in [0.1, 0.15) is 17.4 Å². The van der Waals surface area contributed by atoms with Gasteiger partial charge >= 0.3 is 5.97 Å². The van der Waals surface area contributed by atoms with Crippen LogP contribution in [0.1, 0.15) is 36.8 Å². The fourth-order valence-electron chi connectivity index (χ4n) is 3.00. The third-order valence-corrected chi connectivity index (χ3v) is 4.19. The third kappa shape index (κ3) is 1.64. The summed E-state index contributed by atoms with van der Waals surface area (Å²) in [7, 11) is 0. The molecule has 0 bridgehead atoms. The van der Waals surface area contributed by atoms with Crippen LogP contribution in [0.25, 0.3) is 0 Å². The molecule has 0 radical (unpaired) electrons. The van der Waals surface area contributed by atoms with E-state index in [1.54, 1.807) is 0 Å². The number of halogens is 2. The average Bonchev–Trinajstić information content (AvgIpc) is 2.31. The lowest BCUT2D eigenvalue weighted by Gasteiger charge is -2.40. The highest BCUT2D eigenvalue weighted by Crippen LogP contribution is 2.50. The molecule has 5 heteroatoms. The summed E-state index contributed by atoms with van der Waals surface area (Å²) in [6, 6.07) is 0.797.